The van der Waals surface area contributed by atoms with E-state index in [1.165, 1.54) is 6.07 Å². The monoisotopic (exact) mass is 289 g/mol. The molecule has 0 N–H and O–H groups in total. The molecule has 0 heterocycles. The minimum Gasteiger partial charge on any atom is -0.367 e. The smallest absolute Gasteiger partial charge is 0.182 e. The van der Waals surface area contributed by atoms with Crippen LogP contribution in [0.1, 0.15) is 21.5 Å². The van der Waals surface area contributed by atoms with Crippen LogP contribution in [0, 0.1) is 25.5 Å². The molecule has 0 atom stereocenters. The Morgan fingerprint density at radius 1 is 1.00 bits per heavy atom. The molecule has 0 saturated carbocycles. The van der Waals surface area contributed by atoms with E-state index in [1.807, 2.05) is 26.0 Å². The third-order valence-electron chi connectivity index (χ3n) is 3.27. The van der Waals surface area contributed by atoms with Gasteiger partial charge in [-0.15, -0.1) is 0 Å². The first-order valence-corrected chi connectivity index (χ1v) is 6.64. The number of hydrogen-bond donors (Lipinski definition) is 0. The molecule has 110 valence electrons. The number of ketones is 1. The summed E-state index contributed by atoms with van der Waals surface area (Å²) in [5, 5.41) is 0. The van der Waals surface area contributed by atoms with Gasteiger partial charge >= 0.3 is 0 Å². The normalized spacial score (nSPS) is 10.5. The van der Waals surface area contributed by atoms with E-state index in [9.17, 15) is 13.6 Å². The number of hydrogen-bond acceptors (Lipinski definition) is 2. The molecule has 2 rings (SSSR count). The Hall–Kier alpha value is -2.23. The molecule has 2 nitrogen and oxygen atoms in total. The van der Waals surface area contributed by atoms with Crippen LogP contribution in [0.3, 0.4) is 0 Å². The number of halogens is 2. The predicted octanol–water partition coefficient (Wildman–Crippen LogP) is 3.90. The average Bonchev–Trinajstić information content (AvgIpc) is 2.40. The molecule has 0 aromatic heterocycles. The maximum absolute atomic E-state index is 13.2. The molecule has 0 radical (unpaired) electrons. The van der Waals surface area contributed by atoms with Crippen molar-refractivity contribution in [1.29, 1.82) is 0 Å². The van der Waals surface area contributed by atoms with E-state index in [0.29, 0.717) is 0 Å². The summed E-state index contributed by atoms with van der Waals surface area (Å²) >= 11 is 0. The SMILES string of the molecule is Cc1cc(C)cc(N(C)CC(=O)c2ccc(F)c(F)c2)c1. The van der Waals surface area contributed by atoms with Gasteiger partial charge in [-0.05, 0) is 55.3 Å². The fraction of sp³-hybridized carbons (Fsp3) is 0.235. The molecular weight excluding hydrogens is 272 g/mol. The number of rotatable bonds is 4. The quantitative estimate of drug-likeness (QED) is 0.796. The number of likely N-dealkylation sites (N-methyl/N-ethyl adjacent to an activating group) is 1. The minimum atomic E-state index is -1.00. The van der Waals surface area contributed by atoms with Gasteiger partial charge in [0.25, 0.3) is 0 Å². The van der Waals surface area contributed by atoms with Crippen LogP contribution < -0.4 is 4.90 Å². The lowest BCUT2D eigenvalue weighted by Crippen LogP contribution is -2.25. The molecular formula is C17H17F2NO. The van der Waals surface area contributed by atoms with Gasteiger partial charge < -0.3 is 4.90 Å². The van der Waals surface area contributed by atoms with E-state index in [4.69, 9.17) is 0 Å². The summed E-state index contributed by atoms with van der Waals surface area (Å²) in [4.78, 5) is 13.9. The van der Waals surface area contributed by atoms with Gasteiger partial charge in [0, 0.05) is 18.3 Å². The number of aryl methyl sites for hydroxylation is 2. The summed E-state index contributed by atoms with van der Waals surface area (Å²) < 4.78 is 26.0. The third-order valence-corrected chi connectivity index (χ3v) is 3.27. The first kappa shape index (κ1) is 15.2. The molecule has 21 heavy (non-hydrogen) atoms. The van der Waals surface area contributed by atoms with E-state index < -0.39 is 11.6 Å². The summed E-state index contributed by atoms with van der Waals surface area (Å²) in [6.45, 7) is 4.08. The highest BCUT2D eigenvalue weighted by molar-refractivity contribution is 5.99. The Morgan fingerprint density at radius 3 is 2.19 bits per heavy atom. The number of anilines is 1. The number of nitrogens with zero attached hydrogens (tertiary/aromatic N) is 1. The maximum atomic E-state index is 13.2. The summed E-state index contributed by atoms with van der Waals surface area (Å²) in [7, 11) is 1.80. The predicted molar refractivity (Wildman–Crippen MR) is 79.9 cm³/mol. The van der Waals surface area contributed by atoms with Crippen molar-refractivity contribution in [2.24, 2.45) is 0 Å². The highest BCUT2D eigenvalue weighted by Gasteiger charge is 2.13. The van der Waals surface area contributed by atoms with Gasteiger partial charge in [-0.1, -0.05) is 6.07 Å². The van der Waals surface area contributed by atoms with Crippen molar-refractivity contribution < 1.29 is 13.6 Å². The van der Waals surface area contributed by atoms with E-state index in [1.54, 1.807) is 11.9 Å². The second-order valence-corrected chi connectivity index (χ2v) is 5.25. The fourth-order valence-electron chi connectivity index (χ4n) is 2.24. The second-order valence-electron chi connectivity index (χ2n) is 5.25. The summed E-state index contributed by atoms with van der Waals surface area (Å²) in [6.07, 6.45) is 0. The molecule has 4 heteroatoms. The molecule has 2 aromatic rings. The molecule has 0 unspecified atom stereocenters. The van der Waals surface area contributed by atoms with Crippen LogP contribution in [0.5, 0.6) is 0 Å². The van der Waals surface area contributed by atoms with Crippen LogP contribution in [-0.2, 0) is 0 Å². The van der Waals surface area contributed by atoms with Gasteiger partial charge in [-0.3, -0.25) is 4.79 Å². The number of carbonyl (C=O) groups is 1. The van der Waals surface area contributed by atoms with E-state index >= 15 is 0 Å². The molecule has 2 aromatic carbocycles. The first-order chi connectivity index (χ1) is 9.86. The largest absolute Gasteiger partial charge is 0.367 e. The Morgan fingerprint density at radius 2 is 1.62 bits per heavy atom. The van der Waals surface area contributed by atoms with Crippen LogP contribution in [0.4, 0.5) is 14.5 Å². The van der Waals surface area contributed by atoms with Crippen molar-refractivity contribution in [3.8, 4) is 0 Å². The van der Waals surface area contributed by atoms with Crippen molar-refractivity contribution >= 4 is 11.5 Å². The Bertz CT molecular complexity index is 662. The molecule has 0 fully saturated rings. The van der Waals surface area contributed by atoms with Crippen molar-refractivity contribution in [3.63, 3.8) is 0 Å². The molecule has 0 spiro atoms. The summed E-state index contributed by atoms with van der Waals surface area (Å²) in [5.74, 6) is -2.21. The van der Waals surface area contributed by atoms with Crippen LogP contribution in [0.25, 0.3) is 0 Å². The molecule has 0 amide bonds. The minimum absolute atomic E-state index is 0.105. The lowest BCUT2D eigenvalue weighted by atomic mass is 10.1. The second kappa shape index (κ2) is 6.04. The highest BCUT2D eigenvalue weighted by Crippen LogP contribution is 2.18. The zero-order valence-corrected chi connectivity index (χ0v) is 12.3. The van der Waals surface area contributed by atoms with Crippen molar-refractivity contribution in [2.45, 2.75) is 13.8 Å². The zero-order valence-electron chi connectivity index (χ0n) is 12.3. The lowest BCUT2D eigenvalue weighted by molar-refractivity contribution is 0.1000. The van der Waals surface area contributed by atoms with Crippen molar-refractivity contribution in [1.82, 2.24) is 0 Å². The number of carbonyl (C=O) groups excluding carboxylic acids is 1. The Balaban J connectivity index is 2.16. The van der Waals surface area contributed by atoms with Gasteiger partial charge in [-0.2, -0.15) is 0 Å². The Kier molecular flexibility index (Phi) is 4.36. The third kappa shape index (κ3) is 3.66. The van der Waals surface area contributed by atoms with Crippen LogP contribution in [0.15, 0.2) is 36.4 Å². The first-order valence-electron chi connectivity index (χ1n) is 6.64. The number of benzene rings is 2. The summed E-state index contributed by atoms with van der Waals surface area (Å²) in [6, 6.07) is 9.22. The van der Waals surface area contributed by atoms with Gasteiger partial charge in [0.1, 0.15) is 0 Å². The fourth-order valence-corrected chi connectivity index (χ4v) is 2.24. The average molecular weight is 289 g/mol. The Labute approximate surface area is 123 Å². The number of Topliss-reactive ketones (excluding diaryl/α,β-unsaturated/α-hetero) is 1. The van der Waals surface area contributed by atoms with Gasteiger partial charge in [-0.25, -0.2) is 8.78 Å². The molecule has 0 aliphatic heterocycles. The summed E-state index contributed by atoms with van der Waals surface area (Å²) in [5.41, 5.74) is 3.31. The van der Waals surface area contributed by atoms with E-state index in [2.05, 4.69) is 6.07 Å². The van der Waals surface area contributed by atoms with Crippen LogP contribution >= 0.6 is 0 Å². The zero-order chi connectivity index (χ0) is 15.6. The molecule has 0 bridgehead atoms. The molecule has 0 aliphatic rings. The van der Waals surface area contributed by atoms with Gasteiger partial charge in [0.2, 0.25) is 0 Å². The molecule has 0 saturated heterocycles. The van der Waals surface area contributed by atoms with Crippen molar-refractivity contribution in [3.05, 3.63) is 64.7 Å². The van der Waals surface area contributed by atoms with Crippen molar-refractivity contribution in [2.75, 3.05) is 18.5 Å². The topological polar surface area (TPSA) is 20.3 Å². The van der Waals surface area contributed by atoms with E-state index in [0.717, 1.165) is 28.9 Å². The van der Waals surface area contributed by atoms with Crippen LogP contribution in [0.2, 0.25) is 0 Å². The lowest BCUT2D eigenvalue weighted by Gasteiger charge is -2.19. The highest BCUT2D eigenvalue weighted by atomic mass is 19.2. The van der Waals surface area contributed by atoms with Gasteiger partial charge in [0.15, 0.2) is 17.4 Å². The van der Waals surface area contributed by atoms with E-state index in [-0.39, 0.29) is 17.9 Å². The standard InChI is InChI=1S/C17H17F2NO/c1-11-6-12(2)8-14(7-11)20(3)10-17(21)13-4-5-15(18)16(19)9-13/h4-9H,10H2,1-3H3. The molecule has 0 aliphatic carbocycles. The van der Waals surface area contributed by atoms with Crippen LogP contribution in [-0.4, -0.2) is 19.4 Å². The maximum Gasteiger partial charge on any atom is 0.182 e. The van der Waals surface area contributed by atoms with Gasteiger partial charge in [0.05, 0.1) is 6.54 Å².